The minimum absolute atomic E-state index is 0.00396. The van der Waals surface area contributed by atoms with E-state index in [1.165, 1.54) is 30.0 Å². The molecule has 0 aliphatic carbocycles. The second-order valence-corrected chi connectivity index (χ2v) is 7.19. The number of hydrogen-bond donors (Lipinski definition) is 0. The van der Waals surface area contributed by atoms with Gasteiger partial charge in [-0.15, -0.1) is 0 Å². The fourth-order valence-electron chi connectivity index (χ4n) is 3.31. The van der Waals surface area contributed by atoms with Gasteiger partial charge in [0.2, 0.25) is 0 Å². The van der Waals surface area contributed by atoms with Gasteiger partial charge in [-0.05, 0) is 30.4 Å². The number of ketones is 1. The van der Waals surface area contributed by atoms with Gasteiger partial charge < -0.3 is 13.9 Å². The molecule has 0 amide bonds. The average molecular weight is 395 g/mol. The van der Waals surface area contributed by atoms with Crippen molar-refractivity contribution >= 4 is 16.6 Å². The van der Waals surface area contributed by atoms with Crippen LogP contribution in [0.15, 0.2) is 59.0 Å². The number of rotatable bonds is 13. The number of carbonyl (C=O) groups is 1. The van der Waals surface area contributed by atoms with Crippen LogP contribution in [0.1, 0.15) is 62.4 Å². The molecule has 29 heavy (non-hydrogen) atoms. The van der Waals surface area contributed by atoms with Crippen molar-refractivity contribution < 1.29 is 18.7 Å². The van der Waals surface area contributed by atoms with E-state index < -0.39 is 0 Å². The van der Waals surface area contributed by atoms with Gasteiger partial charge in [0.15, 0.2) is 11.5 Å². The van der Waals surface area contributed by atoms with Crippen LogP contribution in [-0.2, 0) is 0 Å². The third kappa shape index (κ3) is 6.38. The summed E-state index contributed by atoms with van der Waals surface area (Å²) in [6.45, 7) is 3.20. The van der Waals surface area contributed by atoms with Crippen LogP contribution in [0.4, 0.5) is 0 Å². The highest BCUT2D eigenvalue weighted by molar-refractivity contribution is 5.93. The Hall–Kier alpha value is -2.75. The van der Waals surface area contributed by atoms with Gasteiger partial charge in [-0.25, -0.2) is 0 Å². The Morgan fingerprint density at radius 1 is 0.793 bits per heavy atom. The second kappa shape index (κ2) is 11.3. The fraction of sp³-hybridized carbons (Fsp3) is 0.400. The molecule has 0 atom stereocenters. The first kappa shape index (κ1) is 21.0. The quantitative estimate of drug-likeness (QED) is 0.236. The summed E-state index contributed by atoms with van der Waals surface area (Å²) in [5.41, 5.74) is 0. The lowest BCUT2D eigenvalue weighted by atomic mass is 10.1. The minimum Gasteiger partial charge on any atom is -0.493 e. The van der Waals surface area contributed by atoms with Gasteiger partial charge in [-0.3, -0.25) is 4.79 Å². The summed E-state index contributed by atoms with van der Waals surface area (Å²) in [7, 11) is 0. The molecule has 1 aromatic heterocycles. The van der Waals surface area contributed by atoms with Gasteiger partial charge in [-0.2, -0.15) is 0 Å². The van der Waals surface area contributed by atoms with E-state index in [2.05, 4.69) is 30.3 Å². The predicted molar refractivity (Wildman–Crippen MR) is 116 cm³/mol. The lowest BCUT2D eigenvalue weighted by molar-refractivity contribution is 0.0952. The molecule has 0 aliphatic rings. The van der Waals surface area contributed by atoms with Crippen molar-refractivity contribution in [2.45, 2.75) is 51.9 Å². The summed E-state index contributed by atoms with van der Waals surface area (Å²) in [5.74, 6) is 1.80. The molecule has 3 rings (SSSR count). The van der Waals surface area contributed by atoms with E-state index in [9.17, 15) is 4.79 Å². The Bertz CT molecular complexity index is 891. The van der Waals surface area contributed by atoms with E-state index in [4.69, 9.17) is 13.9 Å². The predicted octanol–water partition coefficient (Wildman–Crippen LogP) is 6.82. The molecule has 0 unspecified atom stereocenters. The van der Waals surface area contributed by atoms with Crippen LogP contribution in [0, 0.1) is 0 Å². The standard InChI is InChI=1S/C25H30O4/c1-2-22(26)24-16-17-25(29-24)28-19-10-6-4-3-5-9-18-27-23-15-11-13-20-12-7-8-14-21(20)23/h7-8,11-17H,2-6,9-10,18-19H2,1H3. The average Bonchev–Trinajstić information content (AvgIpc) is 3.23. The van der Waals surface area contributed by atoms with Gasteiger partial charge in [0.05, 0.1) is 13.2 Å². The Morgan fingerprint density at radius 2 is 1.48 bits per heavy atom. The summed E-state index contributed by atoms with van der Waals surface area (Å²) in [6, 6.07) is 17.9. The molecule has 0 radical (unpaired) electrons. The molecule has 0 aliphatic heterocycles. The molecule has 0 N–H and O–H groups in total. The number of benzene rings is 2. The maximum absolute atomic E-state index is 11.5. The number of Topliss-reactive ketones (excluding diaryl/α,β-unsaturated/α-hetero) is 1. The molecule has 0 fully saturated rings. The second-order valence-electron chi connectivity index (χ2n) is 7.19. The van der Waals surface area contributed by atoms with Crippen molar-refractivity contribution in [1.29, 1.82) is 0 Å². The van der Waals surface area contributed by atoms with Gasteiger partial charge in [0.1, 0.15) is 5.75 Å². The molecule has 4 nitrogen and oxygen atoms in total. The zero-order valence-electron chi connectivity index (χ0n) is 17.2. The number of carbonyl (C=O) groups excluding carboxylic acids is 1. The van der Waals surface area contributed by atoms with E-state index in [0.29, 0.717) is 24.7 Å². The monoisotopic (exact) mass is 394 g/mol. The van der Waals surface area contributed by atoms with Crippen LogP contribution >= 0.6 is 0 Å². The summed E-state index contributed by atoms with van der Waals surface area (Å²) < 4.78 is 16.9. The number of hydrogen-bond acceptors (Lipinski definition) is 4. The van der Waals surface area contributed by atoms with E-state index in [1.807, 2.05) is 19.1 Å². The maximum Gasteiger partial charge on any atom is 0.284 e. The molecule has 0 spiro atoms. The van der Waals surface area contributed by atoms with Crippen LogP contribution in [0.25, 0.3) is 10.8 Å². The smallest absolute Gasteiger partial charge is 0.284 e. The zero-order valence-corrected chi connectivity index (χ0v) is 17.2. The van der Waals surface area contributed by atoms with E-state index in [0.717, 1.165) is 31.6 Å². The van der Waals surface area contributed by atoms with Crippen LogP contribution < -0.4 is 9.47 Å². The molecule has 0 saturated carbocycles. The summed E-state index contributed by atoms with van der Waals surface area (Å²) in [4.78, 5) is 11.5. The molecular formula is C25H30O4. The van der Waals surface area contributed by atoms with Crippen LogP contribution in [0.2, 0.25) is 0 Å². The van der Waals surface area contributed by atoms with E-state index in [1.54, 1.807) is 12.1 Å². The van der Waals surface area contributed by atoms with E-state index in [-0.39, 0.29) is 5.78 Å². The Kier molecular flexibility index (Phi) is 8.17. The third-order valence-corrected chi connectivity index (χ3v) is 4.97. The van der Waals surface area contributed by atoms with Crippen molar-refractivity contribution in [2.75, 3.05) is 13.2 Å². The summed E-state index contributed by atoms with van der Waals surface area (Å²) in [6.07, 6.45) is 7.20. The largest absolute Gasteiger partial charge is 0.493 e. The molecule has 0 bridgehead atoms. The molecule has 3 aromatic rings. The topological polar surface area (TPSA) is 48.7 Å². The van der Waals surface area contributed by atoms with Crippen molar-refractivity contribution in [2.24, 2.45) is 0 Å². The molecule has 0 saturated heterocycles. The summed E-state index contributed by atoms with van der Waals surface area (Å²) in [5, 5.41) is 2.40. The Balaban J connectivity index is 1.22. The van der Waals surface area contributed by atoms with Gasteiger partial charge >= 0.3 is 0 Å². The Labute approximate surface area is 172 Å². The van der Waals surface area contributed by atoms with Crippen molar-refractivity contribution in [3.8, 4) is 11.7 Å². The molecule has 2 aromatic carbocycles. The van der Waals surface area contributed by atoms with Gasteiger partial charge in [0.25, 0.3) is 5.95 Å². The van der Waals surface area contributed by atoms with E-state index >= 15 is 0 Å². The van der Waals surface area contributed by atoms with Crippen molar-refractivity contribution in [3.63, 3.8) is 0 Å². The minimum atomic E-state index is 0.00396. The fourth-order valence-corrected chi connectivity index (χ4v) is 3.31. The molecule has 1 heterocycles. The number of ether oxygens (including phenoxy) is 2. The van der Waals surface area contributed by atoms with Gasteiger partial charge in [-0.1, -0.05) is 69.0 Å². The molecule has 154 valence electrons. The number of unbranched alkanes of at least 4 members (excludes halogenated alkanes) is 5. The number of furan rings is 1. The number of fused-ring (bicyclic) bond motifs is 1. The highest BCUT2D eigenvalue weighted by Gasteiger charge is 2.09. The first-order chi connectivity index (χ1) is 14.3. The normalized spacial score (nSPS) is 10.9. The SMILES string of the molecule is CCC(=O)c1ccc(OCCCCCCCCOc2cccc3ccccc23)o1. The highest BCUT2D eigenvalue weighted by Crippen LogP contribution is 2.25. The van der Waals surface area contributed by atoms with Crippen LogP contribution in [0.5, 0.6) is 11.7 Å². The lowest BCUT2D eigenvalue weighted by Gasteiger charge is -2.09. The Morgan fingerprint density at radius 3 is 2.28 bits per heavy atom. The first-order valence-electron chi connectivity index (χ1n) is 10.6. The van der Waals surface area contributed by atoms with Crippen molar-refractivity contribution in [1.82, 2.24) is 0 Å². The first-order valence-corrected chi connectivity index (χ1v) is 10.6. The third-order valence-electron chi connectivity index (χ3n) is 4.97. The maximum atomic E-state index is 11.5. The van der Waals surface area contributed by atoms with Crippen LogP contribution in [0.3, 0.4) is 0 Å². The zero-order chi connectivity index (χ0) is 20.3. The molecule has 4 heteroatoms. The highest BCUT2D eigenvalue weighted by atomic mass is 16.6. The lowest BCUT2D eigenvalue weighted by Crippen LogP contribution is -1.98. The van der Waals surface area contributed by atoms with Gasteiger partial charge in [0, 0.05) is 17.9 Å². The van der Waals surface area contributed by atoms with Crippen molar-refractivity contribution in [3.05, 3.63) is 60.4 Å². The summed E-state index contributed by atoms with van der Waals surface area (Å²) >= 11 is 0. The van der Waals surface area contributed by atoms with Crippen LogP contribution in [-0.4, -0.2) is 19.0 Å². The molecular weight excluding hydrogens is 364 g/mol.